The highest BCUT2D eigenvalue weighted by molar-refractivity contribution is 6.00. The minimum Gasteiger partial charge on any atom is -0.493 e. The molecule has 3 N–H and O–H groups in total. The van der Waals surface area contributed by atoms with Crippen LogP contribution >= 0.6 is 0 Å². The van der Waals surface area contributed by atoms with Crippen LogP contribution in [0.4, 0.5) is 5.82 Å². The number of likely N-dealkylation sites (tertiary alicyclic amines) is 2. The van der Waals surface area contributed by atoms with Gasteiger partial charge in [-0.2, -0.15) is 5.10 Å². The van der Waals surface area contributed by atoms with Crippen LogP contribution in [0.15, 0.2) is 61.1 Å². The Labute approximate surface area is 245 Å². The maximum atomic E-state index is 13.4. The molecule has 0 unspecified atom stereocenters. The second kappa shape index (κ2) is 11.8. The Balaban J connectivity index is 1.06. The number of carbonyl (C=O) groups excluding carboxylic acids is 2. The standard InChI is InChI=1S/C32H37N7O3/c1-37-10-7-21(8-11-37)20-42-28-6-5-22-13-24(4-3-23(22)14-28)32(41)39-12-9-27(19-39)36-31(40)29-15-25(16-34-30(29)33)26-17-35-38(2)18-26/h3-6,13-18,21,27H,7-12,19-20H2,1-2H3,(H2,33,34)(H,36,40)/t27-/m1/s1. The number of benzene rings is 2. The summed E-state index contributed by atoms with van der Waals surface area (Å²) in [5, 5.41) is 9.26. The summed E-state index contributed by atoms with van der Waals surface area (Å²) >= 11 is 0. The fraction of sp³-hybridized carbons (Fsp3) is 0.375. The summed E-state index contributed by atoms with van der Waals surface area (Å²) in [5.74, 6) is 1.27. The Morgan fingerprint density at radius 3 is 2.55 bits per heavy atom. The average Bonchev–Trinajstić information content (AvgIpc) is 3.65. The molecular weight excluding hydrogens is 530 g/mol. The van der Waals surface area contributed by atoms with Gasteiger partial charge in [0.2, 0.25) is 0 Å². The van der Waals surface area contributed by atoms with Crippen LogP contribution in [0.3, 0.4) is 0 Å². The molecule has 2 aliphatic rings. The van der Waals surface area contributed by atoms with Gasteiger partial charge < -0.3 is 25.6 Å². The number of aryl methyl sites for hydroxylation is 1. The SMILES string of the molecule is CN1CCC(COc2ccc3cc(C(=O)N4CC[C@@H](NC(=O)c5cc(-c6cnn(C)c6)cnc5N)C4)ccc3c2)CC1. The molecule has 42 heavy (non-hydrogen) atoms. The molecule has 0 bridgehead atoms. The Hall–Kier alpha value is -4.44. The van der Waals surface area contributed by atoms with E-state index in [1.807, 2.05) is 49.6 Å². The van der Waals surface area contributed by atoms with Crippen LogP contribution in [0.1, 0.15) is 40.0 Å². The van der Waals surface area contributed by atoms with Crippen molar-refractivity contribution >= 4 is 28.4 Å². The highest BCUT2D eigenvalue weighted by atomic mass is 16.5. The molecule has 10 nitrogen and oxygen atoms in total. The highest BCUT2D eigenvalue weighted by Crippen LogP contribution is 2.26. The zero-order valence-corrected chi connectivity index (χ0v) is 24.1. The second-order valence-electron chi connectivity index (χ2n) is 11.6. The molecule has 0 aliphatic carbocycles. The fourth-order valence-electron chi connectivity index (χ4n) is 5.78. The first kappa shape index (κ1) is 27.7. The number of piperidine rings is 1. The second-order valence-corrected chi connectivity index (χ2v) is 11.6. The lowest BCUT2D eigenvalue weighted by Crippen LogP contribution is -2.38. The summed E-state index contributed by atoms with van der Waals surface area (Å²) in [7, 11) is 4.00. The Bertz CT molecular complexity index is 1610. The van der Waals surface area contributed by atoms with Crippen molar-refractivity contribution in [1.29, 1.82) is 0 Å². The molecule has 2 aromatic carbocycles. The summed E-state index contributed by atoms with van der Waals surface area (Å²) in [5.41, 5.74) is 8.60. The number of aromatic nitrogens is 3. The van der Waals surface area contributed by atoms with Gasteiger partial charge in [-0.05, 0) is 86.4 Å². The maximum absolute atomic E-state index is 13.4. The third-order valence-corrected chi connectivity index (χ3v) is 8.39. The Morgan fingerprint density at radius 2 is 1.76 bits per heavy atom. The zero-order chi connectivity index (χ0) is 29.2. The van der Waals surface area contributed by atoms with Crippen LogP contribution in [0, 0.1) is 5.92 Å². The molecule has 1 atom stereocenters. The molecule has 2 saturated heterocycles. The number of nitrogens with two attached hydrogens (primary N) is 1. The fourth-order valence-corrected chi connectivity index (χ4v) is 5.78. The predicted octanol–water partition coefficient (Wildman–Crippen LogP) is 3.58. The quantitative estimate of drug-likeness (QED) is 0.350. The molecule has 6 rings (SSSR count). The van der Waals surface area contributed by atoms with Crippen LogP contribution in [0.2, 0.25) is 0 Å². The van der Waals surface area contributed by atoms with E-state index in [0.29, 0.717) is 36.6 Å². The van der Waals surface area contributed by atoms with E-state index in [-0.39, 0.29) is 23.7 Å². The molecule has 4 aromatic rings. The van der Waals surface area contributed by atoms with Crippen LogP contribution < -0.4 is 15.8 Å². The molecule has 2 aliphatic heterocycles. The molecule has 2 amide bonds. The van der Waals surface area contributed by atoms with E-state index in [4.69, 9.17) is 10.5 Å². The molecule has 0 radical (unpaired) electrons. The molecule has 0 saturated carbocycles. The molecule has 4 heterocycles. The Morgan fingerprint density at radius 1 is 0.976 bits per heavy atom. The molecule has 10 heteroatoms. The van der Waals surface area contributed by atoms with Gasteiger partial charge in [0.05, 0.1) is 18.4 Å². The monoisotopic (exact) mass is 567 g/mol. The van der Waals surface area contributed by atoms with Gasteiger partial charge in [0, 0.05) is 55.3 Å². The number of nitrogens with one attached hydrogen (secondary N) is 1. The van der Waals surface area contributed by atoms with Crippen molar-refractivity contribution in [3.63, 3.8) is 0 Å². The van der Waals surface area contributed by atoms with E-state index < -0.39 is 0 Å². The van der Waals surface area contributed by atoms with Crippen molar-refractivity contribution in [2.24, 2.45) is 13.0 Å². The van der Waals surface area contributed by atoms with Crippen molar-refractivity contribution < 1.29 is 14.3 Å². The van der Waals surface area contributed by atoms with E-state index in [0.717, 1.165) is 47.3 Å². The van der Waals surface area contributed by atoms with Crippen LogP contribution in [-0.2, 0) is 7.05 Å². The van der Waals surface area contributed by atoms with Crippen molar-refractivity contribution in [1.82, 2.24) is 29.9 Å². The summed E-state index contributed by atoms with van der Waals surface area (Å²) in [4.78, 5) is 34.8. The van der Waals surface area contributed by atoms with E-state index in [9.17, 15) is 9.59 Å². The van der Waals surface area contributed by atoms with Gasteiger partial charge in [0.15, 0.2) is 0 Å². The lowest BCUT2D eigenvalue weighted by Gasteiger charge is -2.28. The topological polar surface area (TPSA) is 119 Å². The number of fused-ring (bicyclic) bond motifs is 1. The van der Waals surface area contributed by atoms with E-state index in [1.54, 1.807) is 28.0 Å². The van der Waals surface area contributed by atoms with Crippen molar-refractivity contribution in [3.8, 4) is 16.9 Å². The molecule has 218 valence electrons. The van der Waals surface area contributed by atoms with E-state index in [2.05, 4.69) is 27.3 Å². The number of nitrogen functional groups attached to an aromatic ring is 1. The number of nitrogens with zero attached hydrogens (tertiary/aromatic N) is 5. The van der Waals surface area contributed by atoms with Gasteiger partial charge in [-0.25, -0.2) is 4.98 Å². The predicted molar refractivity (Wildman–Crippen MR) is 162 cm³/mol. The summed E-state index contributed by atoms with van der Waals surface area (Å²) in [6.45, 7) is 3.98. The number of carbonyl (C=O) groups is 2. The van der Waals surface area contributed by atoms with Gasteiger partial charge in [-0.1, -0.05) is 12.1 Å². The number of hydrogen-bond donors (Lipinski definition) is 2. The van der Waals surface area contributed by atoms with Gasteiger partial charge in [-0.15, -0.1) is 0 Å². The minimum absolute atomic E-state index is 0.0454. The van der Waals surface area contributed by atoms with Gasteiger partial charge in [-0.3, -0.25) is 14.3 Å². The normalized spacial score (nSPS) is 18.0. The number of pyridine rings is 1. The molecule has 0 spiro atoms. The number of amides is 2. The summed E-state index contributed by atoms with van der Waals surface area (Å²) < 4.78 is 7.81. The largest absolute Gasteiger partial charge is 0.493 e. The third kappa shape index (κ3) is 6.08. The minimum atomic E-state index is -0.301. The molecular formula is C32H37N7O3. The van der Waals surface area contributed by atoms with E-state index >= 15 is 0 Å². The van der Waals surface area contributed by atoms with Gasteiger partial charge in [0.1, 0.15) is 11.6 Å². The summed E-state index contributed by atoms with van der Waals surface area (Å²) in [6, 6.07) is 13.4. The summed E-state index contributed by atoms with van der Waals surface area (Å²) in [6.07, 6.45) is 8.20. The third-order valence-electron chi connectivity index (χ3n) is 8.39. The zero-order valence-electron chi connectivity index (χ0n) is 24.1. The van der Waals surface area contributed by atoms with Crippen molar-refractivity contribution in [2.75, 3.05) is 45.6 Å². The maximum Gasteiger partial charge on any atom is 0.255 e. The first-order chi connectivity index (χ1) is 20.3. The van der Waals surface area contributed by atoms with Crippen LogP contribution in [0.5, 0.6) is 5.75 Å². The highest BCUT2D eigenvalue weighted by Gasteiger charge is 2.29. The number of hydrogen-bond acceptors (Lipinski definition) is 7. The smallest absolute Gasteiger partial charge is 0.255 e. The number of ether oxygens (including phenoxy) is 1. The van der Waals surface area contributed by atoms with Gasteiger partial charge in [0.25, 0.3) is 11.8 Å². The number of anilines is 1. The van der Waals surface area contributed by atoms with Crippen LogP contribution in [0.25, 0.3) is 21.9 Å². The number of rotatable bonds is 7. The lowest BCUT2D eigenvalue weighted by molar-refractivity contribution is 0.0783. The van der Waals surface area contributed by atoms with Crippen LogP contribution in [-0.4, -0.2) is 82.3 Å². The first-order valence-corrected chi connectivity index (χ1v) is 14.5. The van der Waals surface area contributed by atoms with E-state index in [1.165, 1.54) is 12.8 Å². The molecule has 2 aromatic heterocycles. The van der Waals surface area contributed by atoms with Crippen molar-refractivity contribution in [2.45, 2.75) is 25.3 Å². The Kier molecular flexibility index (Phi) is 7.80. The molecule has 2 fully saturated rings. The first-order valence-electron chi connectivity index (χ1n) is 14.5. The lowest BCUT2D eigenvalue weighted by atomic mass is 9.98. The average molecular weight is 568 g/mol. The van der Waals surface area contributed by atoms with Gasteiger partial charge >= 0.3 is 0 Å². The van der Waals surface area contributed by atoms with Crippen molar-refractivity contribution in [3.05, 3.63) is 72.2 Å².